The standard InChI is InChI=1S/C24H27NO2/c1-2-3-9-17-27-24(26)23(18-19-11-5-4-6-12-19)25-22-16-10-14-20-13-7-8-15-21(20)22/h4-8,10-16,23,25H,2-3,9,17-18H2,1H3. The first kappa shape index (κ1) is 19.0. The predicted octanol–water partition coefficient (Wildman–Crippen LogP) is 5.60. The minimum absolute atomic E-state index is 0.192. The number of carbonyl (C=O) groups excluding carboxylic acids is 1. The van der Waals surface area contributed by atoms with E-state index < -0.39 is 6.04 Å². The first-order chi connectivity index (χ1) is 13.3. The van der Waals surface area contributed by atoms with Crippen LogP contribution >= 0.6 is 0 Å². The number of unbranched alkanes of at least 4 members (excludes halogenated alkanes) is 2. The summed E-state index contributed by atoms with van der Waals surface area (Å²) >= 11 is 0. The Bertz CT molecular complexity index is 855. The third kappa shape index (κ3) is 5.33. The van der Waals surface area contributed by atoms with Crippen molar-refractivity contribution in [2.24, 2.45) is 0 Å². The van der Waals surface area contributed by atoms with E-state index >= 15 is 0 Å². The number of hydrogen-bond acceptors (Lipinski definition) is 3. The molecule has 3 nitrogen and oxygen atoms in total. The molecule has 0 fully saturated rings. The van der Waals surface area contributed by atoms with E-state index in [-0.39, 0.29) is 5.97 Å². The van der Waals surface area contributed by atoms with E-state index in [1.54, 1.807) is 0 Å². The Labute approximate surface area is 161 Å². The molecule has 0 bridgehead atoms. The van der Waals surface area contributed by atoms with Gasteiger partial charge in [0, 0.05) is 17.5 Å². The lowest BCUT2D eigenvalue weighted by atomic mass is 10.0. The number of esters is 1. The van der Waals surface area contributed by atoms with Crippen LogP contribution in [-0.4, -0.2) is 18.6 Å². The Kier molecular flexibility index (Phi) is 6.86. The molecule has 0 aliphatic heterocycles. The van der Waals surface area contributed by atoms with Crippen molar-refractivity contribution >= 4 is 22.4 Å². The highest BCUT2D eigenvalue weighted by molar-refractivity contribution is 5.95. The molecule has 3 aromatic carbocycles. The molecule has 1 atom stereocenters. The summed E-state index contributed by atoms with van der Waals surface area (Å²) in [5.41, 5.74) is 2.07. The van der Waals surface area contributed by atoms with Gasteiger partial charge in [-0.15, -0.1) is 0 Å². The van der Waals surface area contributed by atoms with Crippen molar-refractivity contribution in [1.29, 1.82) is 0 Å². The second kappa shape index (κ2) is 9.77. The molecule has 0 radical (unpaired) electrons. The largest absolute Gasteiger partial charge is 0.464 e. The second-order valence-corrected chi connectivity index (χ2v) is 6.79. The van der Waals surface area contributed by atoms with Gasteiger partial charge in [0.05, 0.1) is 6.61 Å². The molecule has 0 spiro atoms. The van der Waals surface area contributed by atoms with Crippen LogP contribution in [0.3, 0.4) is 0 Å². The second-order valence-electron chi connectivity index (χ2n) is 6.79. The molecule has 0 heterocycles. The SMILES string of the molecule is CCCCCOC(=O)C(Cc1ccccc1)Nc1cccc2ccccc12. The van der Waals surface area contributed by atoms with Crippen molar-refractivity contribution in [1.82, 2.24) is 0 Å². The minimum Gasteiger partial charge on any atom is -0.464 e. The summed E-state index contributed by atoms with van der Waals surface area (Å²) in [5.74, 6) is -0.192. The number of hydrogen-bond donors (Lipinski definition) is 1. The number of anilines is 1. The Hall–Kier alpha value is -2.81. The molecule has 0 aromatic heterocycles. The van der Waals surface area contributed by atoms with E-state index in [1.807, 2.05) is 54.6 Å². The topological polar surface area (TPSA) is 38.3 Å². The van der Waals surface area contributed by atoms with Crippen molar-refractivity contribution in [3.05, 3.63) is 78.4 Å². The maximum atomic E-state index is 12.8. The first-order valence-corrected chi connectivity index (χ1v) is 9.73. The van der Waals surface area contributed by atoms with E-state index in [1.165, 1.54) is 0 Å². The zero-order valence-electron chi connectivity index (χ0n) is 15.9. The van der Waals surface area contributed by atoms with Gasteiger partial charge in [-0.05, 0) is 23.4 Å². The highest BCUT2D eigenvalue weighted by Crippen LogP contribution is 2.24. The average molecular weight is 361 g/mol. The van der Waals surface area contributed by atoms with Crippen molar-refractivity contribution in [2.45, 2.75) is 38.6 Å². The smallest absolute Gasteiger partial charge is 0.328 e. The zero-order valence-corrected chi connectivity index (χ0v) is 15.9. The quantitative estimate of drug-likeness (QED) is 0.398. The van der Waals surface area contributed by atoms with Crippen LogP contribution in [0, 0.1) is 0 Å². The monoisotopic (exact) mass is 361 g/mol. The van der Waals surface area contributed by atoms with Crippen LogP contribution in [0.4, 0.5) is 5.69 Å². The summed E-state index contributed by atoms with van der Waals surface area (Å²) in [4.78, 5) is 12.8. The number of nitrogens with one attached hydrogen (secondary N) is 1. The number of rotatable bonds is 9. The van der Waals surface area contributed by atoms with Gasteiger partial charge in [-0.25, -0.2) is 4.79 Å². The molecule has 0 saturated heterocycles. The number of carbonyl (C=O) groups is 1. The molecule has 27 heavy (non-hydrogen) atoms. The normalized spacial score (nSPS) is 11.9. The summed E-state index contributed by atoms with van der Waals surface area (Å²) in [6, 6.07) is 24.0. The molecule has 140 valence electrons. The van der Waals surface area contributed by atoms with Gasteiger partial charge >= 0.3 is 5.97 Å². The summed E-state index contributed by atoms with van der Waals surface area (Å²) in [6.07, 6.45) is 3.69. The van der Waals surface area contributed by atoms with Gasteiger partial charge in [-0.1, -0.05) is 86.5 Å². The lowest BCUT2D eigenvalue weighted by Gasteiger charge is -2.20. The number of benzene rings is 3. The fourth-order valence-corrected chi connectivity index (χ4v) is 3.21. The molecule has 0 amide bonds. The minimum atomic E-state index is -0.417. The maximum absolute atomic E-state index is 12.8. The van der Waals surface area contributed by atoms with Gasteiger partial charge < -0.3 is 10.1 Å². The van der Waals surface area contributed by atoms with Crippen LogP contribution < -0.4 is 5.32 Å². The number of ether oxygens (including phenoxy) is 1. The molecule has 3 rings (SSSR count). The number of fused-ring (bicyclic) bond motifs is 1. The van der Waals surface area contributed by atoms with Gasteiger partial charge in [-0.3, -0.25) is 0 Å². The molecule has 0 saturated carbocycles. The molecule has 3 heteroatoms. The zero-order chi connectivity index (χ0) is 18.9. The van der Waals surface area contributed by atoms with E-state index in [9.17, 15) is 4.79 Å². The van der Waals surface area contributed by atoms with Gasteiger partial charge in [0.25, 0.3) is 0 Å². The highest BCUT2D eigenvalue weighted by Gasteiger charge is 2.21. The molecule has 3 aromatic rings. The fourth-order valence-electron chi connectivity index (χ4n) is 3.21. The van der Waals surface area contributed by atoms with Crippen LogP contribution in [0.5, 0.6) is 0 Å². The molecular weight excluding hydrogens is 334 g/mol. The van der Waals surface area contributed by atoms with E-state index in [2.05, 4.69) is 30.4 Å². The molecular formula is C24H27NO2. The Morgan fingerprint density at radius 2 is 1.67 bits per heavy atom. The van der Waals surface area contributed by atoms with Crippen molar-refractivity contribution in [3.8, 4) is 0 Å². The van der Waals surface area contributed by atoms with Crippen LogP contribution in [0.1, 0.15) is 31.7 Å². The third-order valence-corrected chi connectivity index (χ3v) is 4.68. The molecule has 1 N–H and O–H groups in total. The summed E-state index contributed by atoms with van der Waals surface area (Å²) < 4.78 is 5.56. The Morgan fingerprint density at radius 3 is 2.48 bits per heavy atom. The van der Waals surface area contributed by atoms with E-state index in [0.29, 0.717) is 13.0 Å². The maximum Gasteiger partial charge on any atom is 0.328 e. The van der Waals surface area contributed by atoms with E-state index in [0.717, 1.165) is 41.3 Å². The van der Waals surface area contributed by atoms with Crippen molar-refractivity contribution in [2.75, 3.05) is 11.9 Å². The molecule has 0 aliphatic rings. The highest BCUT2D eigenvalue weighted by atomic mass is 16.5. The lowest BCUT2D eigenvalue weighted by molar-refractivity contribution is -0.144. The third-order valence-electron chi connectivity index (χ3n) is 4.68. The fraction of sp³-hybridized carbons (Fsp3) is 0.292. The van der Waals surface area contributed by atoms with Crippen molar-refractivity contribution in [3.63, 3.8) is 0 Å². The van der Waals surface area contributed by atoms with Crippen LogP contribution in [-0.2, 0) is 16.0 Å². The van der Waals surface area contributed by atoms with Crippen LogP contribution in [0.2, 0.25) is 0 Å². The summed E-state index contributed by atoms with van der Waals surface area (Å²) in [6.45, 7) is 2.62. The average Bonchev–Trinajstić information content (AvgIpc) is 2.71. The Balaban J connectivity index is 1.79. The van der Waals surface area contributed by atoms with Gasteiger partial charge in [0.1, 0.15) is 6.04 Å². The predicted molar refractivity (Wildman–Crippen MR) is 112 cm³/mol. The van der Waals surface area contributed by atoms with Gasteiger partial charge in [-0.2, -0.15) is 0 Å². The van der Waals surface area contributed by atoms with Crippen LogP contribution in [0.15, 0.2) is 72.8 Å². The summed E-state index contributed by atoms with van der Waals surface area (Å²) in [7, 11) is 0. The lowest BCUT2D eigenvalue weighted by Crippen LogP contribution is -2.33. The molecule has 1 unspecified atom stereocenters. The molecule has 0 aliphatic carbocycles. The van der Waals surface area contributed by atoms with Crippen LogP contribution in [0.25, 0.3) is 10.8 Å². The van der Waals surface area contributed by atoms with Gasteiger partial charge in [0.15, 0.2) is 0 Å². The summed E-state index contributed by atoms with van der Waals surface area (Å²) in [5, 5.41) is 5.70. The van der Waals surface area contributed by atoms with Crippen molar-refractivity contribution < 1.29 is 9.53 Å². The Morgan fingerprint density at radius 1 is 0.926 bits per heavy atom. The first-order valence-electron chi connectivity index (χ1n) is 9.73. The van der Waals surface area contributed by atoms with E-state index in [4.69, 9.17) is 4.74 Å². The van der Waals surface area contributed by atoms with Gasteiger partial charge in [0.2, 0.25) is 0 Å².